The van der Waals surface area contributed by atoms with Crippen molar-refractivity contribution in [3.05, 3.63) is 48.0 Å². The van der Waals surface area contributed by atoms with Crippen molar-refractivity contribution in [1.29, 1.82) is 0 Å². The Hall–Kier alpha value is -1.12. The van der Waals surface area contributed by atoms with Gasteiger partial charge < -0.3 is 9.84 Å². The number of methoxy groups -OCH3 is 1. The largest absolute Gasteiger partial charge is 0.382 e. The predicted molar refractivity (Wildman–Crippen MR) is 68.7 cm³/mol. The first-order valence-corrected chi connectivity index (χ1v) is 6.21. The van der Waals surface area contributed by atoms with Gasteiger partial charge in [0.1, 0.15) is 5.60 Å². The van der Waals surface area contributed by atoms with Crippen molar-refractivity contribution >= 4 is 0 Å². The van der Waals surface area contributed by atoms with Crippen LogP contribution in [0, 0.1) is 5.92 Å². The Bertz CT molecular complexity index is 372. The molecule has 17 heavy (non-hydrogen) atoms. The first kappa shape index (κ1) is 12.3. The van der Waals surface area contributed by atoms with E-state index in [0.29, 0.717) is 6.61 Å². The molecule has 92 valence electrons. The standard InChI is InChI=1S/C15H20O2/c1-17-12-15(16,13-8-4-2-5-9-13)14-10-6-3-7-11-14/h2,4-6,8-10,14,16H,3,7,11-12H2,1H3/t14-,15-/m0/s1. The Labute approximate surface area is 103 Å². The minimum atomic E-state index is -0.896. The van der Waals surface area contributed by atoms with Crippen molar-refractivity contribution in [3.63, 3.8) is 0 Å². The van der Waals surface area contributed by atoms with Gasteiger partial charge in [0.25, 0.3) is 0 Å². The molecule has 1 aliphatic rings. The molecular formula is C15H20O2. The summed E-state index contributed by atoms with van der Waals surface area (Å²) in [5, 5.41) is 10.9. The Morgan fingerprint density at radius 3 is 2.71 bits per heavy atom. The molecule has 0 unspecified atom stereocenters. The van der Waals surface area contributed by atoms with Gasteiger partial charge in [-0.1, -0.05) is 42.5 Å². The Kier molecular flexibility index (Phi) is 3.97. The van der Waals surface area contributed by atoms with Gasteiger partial charge in [0.15, 0.2) is 0 Å². The fraction of sp³-hybridized carbons (Fsp3) is 0.467. The van der Waals surface area contributed by atoms with Crippen LogP contribution in [0.2, 0.25) is 0 Å². The molecule has 0 saturated heterocycles. The van der Waals surface area contributed by atoms with Crippen LogP contribution in [0.3, 0.4) is 0 Å². The van der Waals surface area contributed by atoms with Gasteiger partial charge >= 0.3 is 0 Å². The smallest absolute Gasteiger partial charge is 0.119 e. The van der Waals surface area contributed by atoms with Crippen molar-refractivity contribution in [2.75, 3.05) is 13.7 Å². The number of rotatable bonds is 4. The van der Waals surface area contributed by atoms with Crippen LogP contribution in [-0.4, -0.2) is 18.8 Å². The molecular weight excluding hydrogens is 212 g/mol. The molecule has 0 aromatic heterocycles. The molecule has 2 heteroatoms. The van der Waals surface area contributed by atoms with Gasteiger partial charge in [-0.3, -0.25) is 0 Å². The second-order valence-electron chi connectivity index (χ2n) is 4.69. The third-order valence-corrected chi connectivity index (χ3v) is 3.51. The fourth-order valence-electron chi connectivity index (χ4n) is 2.56. The fourth-order valence-corrected chi connectivity index (χ4v) is 2.56. The van der Waals surface area contributed by atoms with E-state index in [-0.39, 0.29) is 5.92 Å². The van der Waals surface area contributed by atoms with Gasteiger partial charge in [-0.15, -0.1) is 0 Å². The summed E-state index contributed by atoms with van der Waals surface area (Å²) in [4.78, 5) is 0. The highest BCUT2D eigenvalue weighted by molar-refractivity contribution is 5.25. The topological polar surface area (TPSA) is 29.5 Å². The maximum Gasteiger partial charge on any atom is 0.119 e. The lowest BCUT2D eigenvalue weighted by atomic mass is 9.77. The van der Waals surface area contributed by atoms with Gasteiger partial charge in [-0.05, 0) is 24.8 Å². The third-order valence-electron chi connectivity index (χ3n) is 3.51. The lowest BCUT2D eigenvalue weighted by Crippen LogP contribution is -2.39. The maximum absolute atomic E-state index is 10.9. The van der Waals surface area contributed by atoms with Crippen LogP contribution >= 0.6 is 0 Å². The highest BCUT2D eigenvalue weighted by Crippen LogP contribution is 2.36. The van der Waals surface area contributed by atoms with Crippen molar-refractivity contribution in [3.8, 4) is 0 Å². The summed E-state index contributed by atoms with van der Waals surface area (Å²) >= 11 is 0. The van der Waals surface area contributed by atoms with E-state index in [0.717, 1.165) is 24.8 Å². The summed E-state index contributed by atoms with van der Waals surface area (Å²) in [5.74, 6) is 0.151. The molecule has 1 aromatic carbocycles. The van der Waals surface area contributed by atoms with Crippen molar-refractivity contribution < 1.29 is 9.84 Å². The van der Waals surface area contributed by atoms with E-state index in [1.165, 1.54) is 0 Å². The molecule has 0 amide bonds. The van der Waals surface area contributed by atoms with Gasteiger partial charge in [0, 0.05) is 13.0 Å². The van der Waals surface area contributed by atoms with E-state index in [4.69, 9.17) is 4.74 Å². The van der Waals surface area contributed by atoms with E-state index < -0.39 is 5.60 Å². The van der Waals surface area contributed by atoms with Gasteiger partial charge in [-0.2, -0.15) is 0 Å². The summed E-state index contributed by atoms with van der Waals surface area (Å²) in [7, 11) is 1.64. The van der Waals surface area contributed by atoms with Crippen LogP contribution in [0.25, 0.3) is 0 Å². The Morgan fingerprint density at radius 2 is 2.12 bits per heavy atom. The van der Waals surface area contributed by atoms with Gasteiger partial charge in [-0.25, -0.2) is 0 Å². The lowest BCUT2D eigenvalue weighted by molar-refractivity contribution is -0.0700. The maximum atomic E-state index is 10.9. The van der Waals surface area contributed by atoms with E-state index in [9.17, 15) is 5.11 Å². The Balaban J connectivity index is 2.31. The Morgan fingerprint density at radius 1 is 1.35 bits per heavy atom. The lowest BCUT2D eigenvalue weighted by Gasteiger charge is -2.36. The number of allylic oxidation sites excluding steroid dienone is 1. The van der Waals surface area contributed by atoms with Crippen molar-refractivity contribution in [1.82, 2.24) is 0 Å². The van der Waals surface area contributed by atoms with Crippen LogP contribution in [-0.2, 0) is 10.3 Å². The average molecular weight is 232 g/mol. The number of hydrogen-bond acceptors (Lipinski definition) is 2. The molecule has 0 spiro atoms. The highest BCUT2D eigenvalue weighted by atomic mass is 16.5. The second-order valence-corrected chi connectivity index (χ2v) is 4.69. The zero-order valence-electron chi connectivity index (χ0n) is 10.3. The van der Waals surface area contributed by atoms with Crippen LogP contribution in [0.15, 0.2) is 42.5 Å². The molecule has 1 aliphatic carbocycles. The predicted octanol–water partition coefficient (Wildman–Crippen LogP) is 2.88. The second kappa shape index (κ2) is 5.48. The molecule has 0 bridgehead atoms. The van der Waals surface area contributed by atoms with Crippen molar-refractivity contribution in [2.24, 2.45) is 5.92 Å². The minimum Gasteiger partial charge on any atom is -0.382 e. The highest BCUT2D eigenvalue weighted by Gasteiger charge is 2.37. The monoisotopic (exact) mass is 232 g/mol. The number of benzene rings is 1. The molecule has 2 rings (SSSR count). The molecule has 0 saturated carbocycles. The summed E-state index contributed by atoms with van der Waals surface area (Å²) in [6, 6.07) is 9.83. The zero-order chi connectivity index (χ0) is 12.1. The van der Waals surface area contributed by atoms with E-state index in [1.54, 1.807) is 7.11 Å². The van der Waals surface area contributed by atoms with E-state index in [2.05, 4.69) is 12.2 Å². The van der Waals surface area contributed by atoms with E-state index >= 15 is 0 Å². The molecule has 0 aliphatic heterocycles. The normalized spacial score (nSPS) is 23.3. The first-order chi connectivity index (χ1) is 8.27. The van der Waals surface area contributed by atoms with Crippen molar-refractivity contribution in [2.45, 2.75) is 24.9 Å². The third kappa shape index (κ3) is 2.59. The van der Waals surface area contributed by atoms with Gasteiger partial charge in [0.05, 0.1) is 6.61 Å². The zero-order valence-corrected chi connectivity index (χ0v) is 10.3. The quantitative estimate of drug-likeness (QED) is 0.809. The molecule has 2 atom stereocenters. The summed E-state index contributed by atoms with van der Waals surface area (Å²) in [5.41, 5.74) is 0.0471. The van der Waals surface area contributed by atoms with Crippen LogP contribution in [0.1, 0.15) is 24.8 Å². The minimum absolute atomic E-state index is 0.151. The van der Waals surface area contributed by atoms with Crippen LogP contribution < -0.4 is 0 Å². The van der Waals surface area contributed by atoms with E-state index in [1.807, 2.05) is 30.3 Å². The summed E-state index contributed by atoms with van der Waals surface area (Å²) in [6.07, 6.45) is 7.58. The molecule has 2 nitrogen and oxygen atoms in total. The SMILES string of the molecule is COC[C@](O)(c1ccccc1)[C@H]1C=CCCC1. The molecule has 0 radical (unpaired) electrons. The number of hydrogen-bond donors (Lipinski definition) is 1. The molecule has 1 N–H and O–H groups in total. The summed E-state index contributed by atoms with van der Waals surface area (Å²) in [6.45, 7) is 0.339. The molecule has 0 fully saturated rings. The van der Waals surface area contributed by atoms with Crippen LogP contribution in [0.4, 0.5) is 0 Å². The number of ether oxygens (including phenoxy) is 1. The molecule has 0 heterocycles. The molecule has 1 aromatic rings. The number of aliphatic hydroxyl groups is 1. The summed E-state index contributed by atoms with van der Waals surface area (Å²) < 4.78 is 5.23. The van der Waals surface area contributed by atoms with Crippen LogP contribution in [0.5, 0.6) is 0 Å². The first-order valence-electron chi connectivity index (χ1n) is 6.21. The van der Waals surface area contributed by atoms with Gasteiger partial charge in [0.2, 0.25) is 0 Å². The average Bonchev–Trinajstić information content (AvgIpc) is 2.41.